The van der Waals surface area contributed by atoms with Crippen molar-refractivity contribution < 1.29 is 17.9 Å². The molecule has 1 heterocycles. The van der Waals surface area contributed by atoms with Gasteiger partial charge in [0.25, 0.3) is 0 Å². The van der Waals surface area contributed by atoms with Gasteiger partial charge in [-0.15, -0.1) is 24.0 Å². The van der Waals surface area contributed by atoms with Crippen LogP contribution in [0.3, 0.4) is 0 Å². The first-order chi connectivity index (χ1) is 10.5. The fourth-order valence-electron chi connectivity index (χ4n) is 2.67. The van der Waals surface area contributed by atoms with Gasteiger partial charge in [-0.05, 0) is 11.8 Å². The number of halogens is 4. The van der Waals surface area contributed by atoms with Gasteiger partial charge in [-0.1, -0.05) is 20.8 Å². The number of methoxy groups -OCH3 is 1. The number of hydrogen-bond acceptors (Lipinski definition) is 3. The second-order valence-electron chi connectivity index (χ2n) is 7.02. The molecule has 2 atom stereocenters. The summed E-state index contributed by atoms with van der Waals surface area (Å²) in [6, 6.07) is -0.0285. The second kappa shape index (κ2) is 10.0. The van der Waals surface area contributed by atoms with E-state index in [1.54, 1.807) is 14.2 Å². The quantitative estimate of drug-likeness (QED) is 0.372. The monoisotopic (exact) mass is 466 g/mol. The summed E-state index contributed by atoms with van der Waals surface area (Å²) < 4.78 is 42.7. The molecular weight excluding hydrogens is 436 g/mol. The third-order valence-electron chi connectivity index (χ3n) is 3.95. The minimum Gasteiger partial charge on any atom is -0.379 e. The SMILES string of the molecule is CN=C(NCC(OC)C(C)(C)C)NC1CCN(CC(F)(F)F)C1.I. The zero-order chi connectivity index (χ0) is 17.7. The Bertz CT molecular complexity index is 399. The van der Waals surface area contributed by atoms with Gasteiger partial charge in [0.2, 0.25) is 0 Å². The van der Waals surface area contributed by atoms with E-state index < -0.39 is 12.7 Å². The number of alkyl halides is 3. The Morgan fingerprint density at radius 3 is 2.42 bits per heavy atom. The van der Waals surface area contributed by atoms with Crippen LogP contribution in [0.1, 0.15) is 27.2 Å². The van der Waals surface area contributed by atoms with E-state index in [0.717, 1.165) is 0 Å². The maximum atomic E-state index is 12.4. The molecule has 0 aromatic rings. The van der Waals surface area contributed by atoms with E-state index in [1.807, 2.05) is 0 Å². The summed E-state index contributed by atoms with van der Waals surface area (Å²) in [5, 5.41) is 6.38. The molecule has 0 radical (unpaired) electrons. The van der Waals surface area contributed by atoms with E-state index in [2.05, 4.69) is 36.4 Å². The number of likely N-dealkylation sites (tertiary alicyclic amines) is 1. The Morgan fingerprint density at radius 2 is 1.96 bits per heavy atom. The number of aliphatic imine (C=N–C) groups is 1. The van der Waals surface area contributed by atoms with E-state index in [4.69, 9.17) is 4.74 Å². The molecule has 9 heteroatoms. The van der Waals surface area contributed by atoms with E-state index in [9.17, 15) is 13.2 Å². The highest BCUT2D eigenvalue weighted by atomic mass is 127. The Kier molecular flexibility index (Phi) is 9.88. The fourth-order valence-corrected chi connectivity index (χ4v) is 2.67. The van der Waals surface area contributed by atoms with Crippen molar-refractivity contribution in [1.29, 1.82) is 0 Å². The van der Waals surface area contributed by atoms with Gasteiger partial charge in [-0.25, -0.2) is 0 Å². The number of rotatable bonds is 5. The van der Waals surface area contributed by atoms with Gasteiger partial charge in [-0.3, -0.25) is 9.89 Å². The van der Waals surface area contributed by atoms with Crippen molar-refractivity contribution >= 4 is 29.9 Å². The molecule has 144 valence electrons. The molecule has 0 aromatic heterocycles. The largest absolute Gasteiger partial charge is 0.401 e. The lowest BCUT2D eigenvalue weighted by Crippen LogP contribution is -2.49. The van der Waals surface area contributed by atoms with Gasteiger partial charge in [0.15, 0.2) is 5.96 Å². The summed E-state index contributed by atoms with van der Waals surface area (Å²) in [5.41, 5.74) is -0.0164. The Morgan fingerprint density at radius 1 is 1.33 bits per heavy atom. The predicted molar refractivity (Wildman–Crippen MR) is 101 cm³/mol. The smallest absolute Gasteiger partial charge is 0.379 e. The van der Waals surface area contributed by atoms with Crippen LogP contribution in [0, 0.1) is 5.41 Å². The summed E-state index contributed by atoms with van der Waals surface area (Å²) >= 11 is 0. The number of nitrogens with one attached hydrogen (secondary N) is 2. The molecule has 2 N–H and O–H groups in total. The summed E-state index contributed by atoms with van der Waals surface area (Å²) in [6.07, 6.45) is -3.47. The normalized spacial score (nSPS) is 21.3. The van der Waals surface area contributed by atoms with Crippen molar-refractivity contribution in [2.75, 3.05) is 40.3 Å². The molecule has 5 nitrogen and oxygen atoms in total. The average Bonchev–Trinajstić information content (AvgIpc) is 2.81. The molecule has 0 saturated carbocycles. The molecule has 0 aliphatic carbocycles. The highest BCUT2D eigenvalue weighted by molar-refractivity contribution is 14.0. The van der Waals surface area contributed by atoms with Crippen molar-refractivity contribution in [2.45, 2.75) is 45.5 Å². The first kappa shape index (κ1) is 23.7. The van der Waals surface area contributed by atoms with Crippen LogP contribution in [0.15, 0.2) is 4.99 Å². The van der Waals surface area contributed by atoms with Gasteiger partial charge in [0.1, 0.15) is 0 Å². The van der Waals surface area contributed by atoms with Gasteiger partial charge in [0.05, 0.1) is 12.6 Å². The molecule has 2 unspecified atom stereocenters. The summed E-state index contributed by atoms with van der Waals surface area (Å²) in [4.78, 5) is 5.55. The summed E-state index contributed by atoms with van der Waals surface area (Å²) in [5.74, 6) is 0.593. The lowest BCUT2D eigenvalue weighted by Gasteiger charge is -2.30. The van der Waals surface area contributed by atoms with Crippen LogP contribution in [0.25, 0.3) is 0 Å². The first-order valence-corrected chi connectivity index (χ1v) is 7.84. The lowest BCUT2D eigenvalue weighted by molar-refractivity contribution is -0.143. The van der Waals surface area contributed by atoms with Crippen LogP contribution < -0.4 is 10.6 Å². The molecule has 24 heavy (non-hydrogen) atoms. The van der Waals surface area contributed by atoms with Crippen molar-refractivity contribution in [1.82, 2.24) is 15.5 Å². The van der Waals surface area contributed by atoms with Crippen molar-refractivity contribution in [2.24, 2.45) is 10.4 Å². The number of nitrogens with zero attached hydrogens (tertiary/aromatic N) is 2. The Labute approximate surface area is 159 Å². The van der Waals surface area contributed by atoms with Crippen LogP contribution in [-0.4, -0.2) is 69.5 Å². The zero-order valence-electron chi connectivity index (χ0n) is 15.0. The molecule has 1 fully saturated rings. The van der Waals surface area contributed by atoms with Gasteiger partial charge < -0.3 is 15.4 Å². The van der Waals surface area contributed by atoms with Crippen LogP contribution in [0.5, 0.6) is 0 Å². The average molecular weight is 466 g/mol. The summed E-state index contributed by atoms with van der Waals surface area (Å²) in [7, 11) is 3.32. The molecule has 1 rings (SSSR count). The maximum Gasteiger partial charge on any atom is 0.401 e. The molecule has 0 spiro atoms. The molecule has 0 aromatic carbocycles. The van der Waals surface area contributed by atoms with E-state index >= 15 is 0 Å². The number of ether oxygens (including phenoxy) is 1. The highest BCUT2D eigenvalue weighted by Crippen LogP contribution is 2.21. The fraction of sp³-hybridized carbons (Fsp3) is 0.933. The van der Waals surface area contributed by atoms with Gasteiger partial charge in [-0.2, -0.15) is 13.2 Å². The van der Waals surface area contributed by atoms with Crippen LogP contribution >= 0.6 is 24.0 Å². The third-order valence-corrected chi connectivity index (χ3v) is 3.95. The van der Waals surface area contributed by atoms with Crippen molar-refractivity contribution in [3.05, 3.63) is 0 Å². The Hall–Kier alpha value is -0.290. The van der Waals surface area contributed by atoms with E-state index in [1.165, 1.54) is 4.90 Å². The van der Waals surface area contributed by atoms with Gasteiger partial charge >= 0.3 is 6.18 Å². The molecule has 1 aliphatic heterocycles. The minimum absolute atomic E-state index is 0. The lowest BCUT2D eigenvalue weighted by atomic mass is 9.89. The van der Waals surface area contributed by atoms with Crippen LogP contribution in [-0.2, 0) is 4.74 Å². The molecule has 0 amide bonds. The number of hydrogen-bond donors (Lipinski definition) is 2. The molecule has 1 aliphatic rings. The third kappa shape index (κ3) is 8.70. The second-order valence-corrected chi connectivity index (χ2v) is 7.02. The Balaban J connectivity index is 0.00000529. The first-order valence-electron chi connectivity index (χ1n) is 7.84. The van der Waals surface area contributed by atoms with Crippen LogP contribution in [0.4, 0.5) is 13.2 Å². The topological polar surface area (TPSA) is 48.9 Å². The van der Waals surface area contributed by atoms with Gasteiger partial charge in [0, 0.05) is 39.8 Å². The van der Waals surface area contributed by atoms with Crippen LogP contribution in [0.2, 0.25) is 0 Å². The highest BCUT2D eigenvalue weighted by Gasteiger charge is 2.34. The summed E-state index contributed by atoms with van der Waals surface area (Å²) in [6.45, 7) is 6.80. The molecular formula is C15H30F3IN4O. The van der Waals surface area contributed by atoms with E-state index in [-0.39, 0.29) is 41.5 Å². The maximum absolute atomic E-state index is 12.4. The zero-order valence-corrected chi connectivity index (χ0v) is 17.4. The van der Waals surface area contributed by atoms with E-state index in [0.29, 0.717) is 32.0 Å². The molecule has 0 bridgehead atoms. The predicted octanol–water partition coefficient (Wildman–Crippen LogP) is 2.47. The standard InChI is InChI=1S/C15H29F3N4O.HI/c1-14(2,3)12(23-5)8-20-13(19-4)21-11-6-7-22(9-11)10-15(16,17)18;/h11-12H,6-10H2,1-5H3,(H2,19,20,21);1H. The number of guanidine groups is 1. The molecule has 1 saturated heterocycles. The minimum atomic E-state index is -4.15. The van der Waals surface area contributed by atoms with Crippen molar-refractivity contribution in [3.63, 3.8) is 0 Å². The van der Waals surface area contributed by atoms with Crippen molar-refractivity contribution in [3.8, 4) is 0 Å².